The van der Waals surface area contributed by atoms with Crippen LogP contribution in [0.2, 0.25) is 0 Å². The Kier molecular flexibility index (Phi) is 5.78. The van der Waals surface area contributed by atoms with Crippen molar-refractivity contribution in [3.05, 3.63) is 17.5 Å². The van der Waals surface area contributed by atoms with E-state index in [0.29, 0.717) is 13.1 Å². The molecule has 0 radical (unpaired) electrons. The molecule has 0 aliphatic rings. The van der Waals surface area contributed by atoms with E-state index < -0.39 is 0 Å². The molecule has 1 rings (SSSR count). The van der Waals surface area contributed by atoms with Gasteiger partial charge in [-0.25, -0.2) is 4.79 Å². The predicted octanol–water partition coefficient (Wildman–Crippen LogP) is 2.03. The monoisotopic (exact) mass is 296 g/mol. The van der Waals surface area contributed by atoms with Crippen LogP contribution in [0.1, 0.15) is 51.9 Å². The number of carbonyl (C=O) groups excluding carboxylic acids is 1. The molecule has 2 amide bonds. The summed E-state index contributed by atoms with van der Waals surface area (Å²) in [6.07, 6.45) is 1.99. The van der Waals surface area contributed by atoms with Crippen LogP contribution in [-0.4, -0.2) is 45.5 Å². The molecule has 0 aliphatic carbocycles. The number of carbonyl (C=O) groups is 1. The van der Waals surface area contributed by atoms with Crippen molar-refractivity contribution in [2.75, 3.05) is 19.7 Å². The van der Waals surface area contributed by atoms with Crippen LogP contribution in [0.5, 0.6) is 0 Å². The minimum absolute atomic E-state index is 0.0311. The number of aryl methyl sites for hydroxylation is 1. The quantitative estimate of drug-likeness (QED) is 0.873. The number of hydrogen-bond donors (Lipinski definition) is 2. The molecule has 0 bridgehead atoms. The Balaban J connectivity index is 2.82. The number of likely N-dealkylation sites (N-methyl/N-ethyl adjacent to an activating group) is 1. The van der Waals surface area contributed by atoms with E-state index in [4.69, 9.17) is 5.11 Å². The third-order valence-electron chi connectivity index (χ3n) is 3.47. The van der Waals surface area contributed by atoms with Gasteiger partial charge in [0.1, 0.15) is 0 Å². The minimum Gasteiger partial charge on any atom is -0.395 e. The summed E-state index contributed by atoms with van der Waals surface area (Å²) < 4.78 is 1.92. The fourth-order valence-corrected chi connectivity index (χ4v) is 2.12. The lowest BCUT2D eigenvalue weighted by Gasteiger charge is -2.23. The Hall–Kier alpha value is -1.56. The minimum atomic E-state index is -0.165. The van der Waals surface area contributed by atoms with Gasteiger partial charge in [0.2, 0.25) is 0 Å². The van der Waals surface area contributed by atoms with E-state index in [2.05, 4.69) is 31.2 Å². The SMILES string of the molecule is CCN(CCO)C(=O)N[C@H](C)c1cn(C(C)(C)C)nc1C. The third kappa shape index (κ3) is 4.46. The van der Waals surface area contributed by atoms with Crippen LogP contribution in [0, 0.1) is 6.92 Å². The number of urea groups is 1. The van der Waals surface area contributed by atoms with Gasteiger partial charge in [-0.3, -0.25) is 4.68 Å². The van der Waals surface area contributed by atoms with Gasteiger partial charge in [-0.15, -0.1) is 0 Å². The number of nitrogens with one attached hydrogen (secondary N) is 1. The van der Waals surface area contributed by atoms with Gasteiger partial charge in [0, 0.05) is 24.8 Å². The van der Waals surface area contributed by atoms with Crippen molar-refractivity contribution in [1.29, 1.82) is 0 Å². The standard InChI is InChI=1S/C15H28N4O2/c1-7-18(8-9-20)14(21)16-11(2)13-10-19(15(4,5)6)17-12(13)3/h10-11,20H,7-9H2,1-6H3,(H,16,21)/t11-/m1/s1. The molecule has 1 heterocycles. The highest BCUT2D eigenvalue weighted by molar-refractivity contribution is 5.74. The van der Waals surface area contributed by atoms with Crippen LogP contribution in [0.15, 0.2) is 6.20 Å². The van der Waals surface area contributed by atoms with Gasteiger partial charge in [-0.2, -0.15) is 5.10 Å². The molecule has 2 N–H and O–H groups in total. The molecule has 0 unspecified atom stereocenters. The zero-order chi connectivity index (χ0) is 16.2. The average molecular weight is 296 g/mol. The fourth-order valence-electron chi connectivity index (χ4n) is 2.12. The predicted molar refractivity (Wildman–Crippen MR) is 83.2 cm³/mol. The molecular formula is C15H28N4O2. The maximum atomic E-state index is 12.1. The number of hydrogen-bond acceptors (Lipinski definition) is 3. The maximum absolute atomic E-state index is 12.1. The average Bonchev–Trinajstić information content (AvgIpc) is 2.77. The highest BCUT2D eigenvalue weighted by Gasteiger charge is 2.21. The van der Waals surface area contributed by atoms with Gasteiger partial charge < -0.3 is 15.3 Å². The van der Waals surface area contributed by atoms with Crippen molar-refractivity contribution in [1.82, 2.24) is 20.0 Å². The second kappa shape index (κ2) is 6.93. The molecule has 0 aliphatic heterocycles. The number of aliphatic hydroxyl groups excluding tert-OH is 1. The summed E-state index contributed by atoms with van der Waals surface area (Å²) in [5, 5.41) is 16.5. The van der Waals surface area contributed by atoms with Crippen molar-refractivity contribution in [2.45, 2.75) is 53.1 Å². The summed E-state index contributed by atoms with van der Waals surface area (Å²) in [4.78, 5) is 13.7. The Bertz CT molecular complexity index is 477. The molecule has 0 saturated carbocycles. The first-order valence-electron chi connectivity index (χ1n) is 7.43. The molecule has 21 heavy (non-hydrogen) atoms. The number of rotatable bonds is 5. The number of aliphatic hydroxyl groups is 1. The zero-order valence-corrected chi connectivity index (χ0v) is 14.0. The van der Waals surface area contributed by atoms with E-state index in [1.165, 1.54) is 0 Å². The van der Waals surface area contributed by atoms with Crippen molar-refractivity contribution < 1.29 is 9.90 Å². The molecule has 1 aromatic rings. The van der Waals surface area contributed by atoms with Gasteiger partial charge >= 0.3 is 6.03 Å². The lowest BCUT2D eigenvalue weighted by atomic mass is 10.1. The molecule has 6 heteroatoms. The highest BCUT2D eigenvalue weighted by Crippen LogP contribution is 2.21. The maximum Gasteiger partial charge on any atom is 0.317 e. The zero-order valence-electron chi connectivity index (χ0n) is 14.0. The number of amides is 2. The first-order valence-corrected chi connectivity index (χ1v) is 7.43. The largest absolute Gasteiger partial charge is 0.395 e. The highest BCUT2D eigenvalue weighted by atomic mass is 16.3. The summed E-state index contributed by atoms with van der Waals surface area (Å²) in [7, 11) is 0. The topological polar surface area (TPSA) is 70.4 Å². The fraction of sp³-hybridized carbons (Fsp3) is 0.733. The molecule has 0 spiro atoms. The van der Waals surface area contributed by atoms with Crippen molar-refractivity contribution in [2.24, 2.45) is 0 Å². The summed E-state index contributed by atoms with van der Waals surface area (Å²) in [5.41, 5.74) is 1.85. The van der Waals surface area contributed by atoms with E-state index in [-0.39, 0.29) is 24.2 Å². The van der Waals surface area contributed by atoms with Crippen LogP contribution in [0.25, 0.3) is 0 Å². The summed E-state index contributed by atoms with van der Waals surface area (Å²) in [6.45, 7) is 12.9. The Labute approximate surface area is 127 Å². The van der Waals surface area contributed by atoms with Crippen molar-refractivity contribution in [3.8, 4) is 0 Å². The van der Waals surface area contributed by atoms with Gasteiger partial charge in [0.15, 0.2) is 0 Å². The Morgan fingerprint density at radius 2 is 2.14 bits per heavy atom. The third-order valence-corrected chi connectivity index (χ3v) is 3.47. The summed E-state index contributed by atoms with van der Waals surface area (Å²) in [5.74, 6) is 0. The second-order valence-corrected chi connectivity index (χ2v) is 6.26. The smallest absolute Gasteiger partial charge is 0.317 e. The van der Waals surface area contributed by atoms with Crippen LogP contribution in [0.4, 0.5) is 4.79 Å². The normalized spacial score (nSPS) is 13.1. The number of nitrogens with zero attached hydrogens (tertiary/aromatic N) is 3. The van der Waals surface area contributed by atoms with Gasteiger partial charge in [0.05, 0.1) is 23.9 Å². The van der Waals surface area contributed by atoms with E-state index in [0.717, 1.165) is 11.3 Å². The van der Waals surface area contributed by atoms with Gasteiger partial charge in [-0.1, -0.05) is 0 Å². The van der Waals surface area contributed by atoms with E-state index >= 15 is 0 Å². The summed E-state index contributed by atoms with van der Waals surface area (Å²) >= 11 is 0. The molecule has 0 saturated heterocycles. The molecule has 0 fully saturated rings. The van der Waals surface area contributed by atoms with Crippen LogP contribution in [-0.2, 0) is 5.54 Å². The van der Waals surface area contributed by atoms with Crippen molar-refractivity contribution in [3.63, 3.8) is 0 Å². The first-order chi connectivity index (χ1) is 9.70. The Morgan fingerprint density at radius 3 is 2.57 bits per heavy atom. The summed E-state index contributed by atoms with van der Waals surface area (Å²) in [6, 6.07) is -0.289. The van der Waals surface area contributed by atoms with Gasteiger partial charge in [-0.05, 0) is 41.5 Å². The van der Waals surface area contributed by atoms with E-state index in [1.807, 2.05) is 31.6 Å². The molecule has 120 valence electrons. The van der Waals surface area contributed by atoms with E-state index in [1.54, 1.807) is 4.90 Å². The lowest BCUT2D eigenvalue weighted by Crippen LogP contribution is -2.42. The Morgan fingerprint density at radius 1 is 1.52 bits per heavy atom. The number of aromatic nitrogens is 2. The van der Waals surface area contributed by atoms with Crippen molar-refractivity contribution >= 4 is 6.03 Å². The van der Waals surface area contributed by atoms with Crippen LogP contribution in [0.3, 0.4) is 0 Å². The van der Waals surface area contributed by atoms with E-state index in [9.17, 15) is 4.79 Å². The van der Waals surface area contributed by atoms with Crippen LogP contribution < -0.4 is 5.32 Å². The first kappa shape index (κ1) is 17.5. The molecule has 6 nitrogen and oxygen atoms in total. The molecule has 0 aromatic carbocycles. The molecule has 1 atom stereocenters. The molecule has 1 aromatic heterocycles. The van der Waals surface area contributed by atoms with Gasteiger partial charge in [0.25, 0.3) is 0 Å². The lowest BCUT2D eigenvalue weighted by molar-refractivity contribution is 0.178. The molecular weight excluding hydrogens is 268 g/mol. The second-order valence-electron chi connectivity index (χ2n) is 6.26. The van der Waals surface area contributed by atoms with Crippen LogP contribution >= 0.6 is 0 Å².